The van der Waals surface area contributed by atoms with Crippen molar-refractivity contribution in [1.82, 2.24) is 15.1 Å². The number of hydrogen-bond acceptors (Lipinski definition) is 5. The lowest BCUT2D eigenvalue weighted by atomic mass is 10.0. The number of nitrogens with zero attached hydrogens (tertiary/aromatic N) is 2. The maximum atomic E-state index is 12.9. The van der Waals surface area contributed by atoms with Crippen LogP contribution < -0.4 is 11.1 Å². The molecule has 3 N–H and O–H groups in total. The molecule has 3 fully saturated rings. The van der Waals surface area contributed by atoms with Gasteiger partial charge in [0.2, 0.25) is 11.8 Å². The summed E-state index contributed by atoms with van der Waals surface area (Å²) >= 11 is 0. The number of hydrogen-bond donors (Lipinski definition) is 2. The Labute approximate surface area is 157 Å². The number of likely N-dealkylation sites (tertiary alicyclic amines) is 1. The topological polar surface area (TPSA) is 95.7 Å². The zero-order valence-electron chi connectivity index (χ0n) is 15.2. The fraction of sp³-hybridized carbons (Fsp3) is 0.550. The van der Waals surface area contributed by atoms with Gasteiger partial charge >= 0.3 is 0 Å². The van der Waals surface area contributed by atoms with Crippen molar-refractivity contribution in [2.24, 2.45) is 23.5 Å². The zero-order chi connectivity index (χ0) is 18.7. The number of amides is 3. The second kappa shape index (κ2) is 6.14. The molecule has 1 aromatic carbocycles. The number of benzene rings is 1. The van der Waals surface area contributed by atoms with Crippen LogP contribution >= 0.6 is 0 Å². The van der Waals surface area contributed by atoms with E-state index in [2.05, 4.69) is 16.3 Å². The summed E-state index contributed by atoms with van der Waals surface area (Å²) in [6, 6.07) is 5.52. The molecule has 0 bridgehead atoms. The van der Waals surface area contributed by atoms with Gasteiger partial charge in [-0.05, 0) is 47.9 Å². The van der Waals surface area contributed by atoms with Crippen LogP contribution in [-0.2, 0) is 22.7 Å². The molecule has 1 aliphatic carbocycles. The molecule has 27 heavy (non-hydrogen) atoms. The van der Waals surface area contributed by atoms with Crippen molar-refractivity contribution in [3.63, 3.8) is 0 Å². The van der Waals surface area contributed by atoms with Gasteiger partial charge in [0.25, 0.3) is 5.91 Å². The second-order valence-corrected chi connectivity index (χ2v) is 8.31. The van der Waals surface area contributed by atoms with E-state index in [1.54, 1.807) is 4.90 Å². The molecule has 0 aromatic heterocycles. The highest BCUT2D eigenvalue weighted by molar-refractivity contribution is 6.05. The summed E-state index contributed by atoms with van der Waals surface area (Å²) in [4.78, 5) is 40.4. The van der Waals surface area contributed by atoms with E-state index in [4.69, 9.17) is 5.73 Å². The predicted octanol–water partition coefficient (Wildman–Crippen LogP) is 0.0841. The number of nitrogens with one attached hydrogen (secondary N) is 1. The monoisotopic (exact) mass is 368 g/mol. The van der Waals surface area contributed by atoms with Gasteiger partial charge in [-0.3, -0.25) is 24.6 Å². The van der Waals surface area contributed by atoms with Crippen LogP contribution in [0.4, 0.5) is 0 Å². The molecule has 2 saturated heterocycles. The van der Waals surface area contributed by atoms with E-state index >= 15 is 0 Å². The Morgan fingerprint density at radius 2 is 1.93 bits per heavy atom. The smallest absolute Gasteiger partial charge is 0.255 e. The second-order valence-electron chi connectivity index (χ2n) is 8.31. The first-order valence-corrected chi connectivity index (χ1v) is 9.74. The molecule has 1 aromatic rings. The number of carbonyl (C=O) groups excluding carboxylic acids is 3. The van der Waals surface area contributed by atoms with Gasteiger partial charge in [0.05, 0.1) is 0 Å². The van der Waals surface area contributed by atoms with Crippen LogP contribution in [0, 0.1) is 17.8 Å². The van der Waals surface area contributed by atoms with E-state index in [9.17, 15) is 14.4 Å². The van der Waals surface area contributed by atoms with E-state index < -0.39 is 6.04 Å². The van der Waals surface area contributed by atoms with E-state index in [0.29, 0.717) is 24.4 Å². The zero-order valence-corrected chi connectivity index (χ0v) is 15.2. The maximum Gasteiger partial charge on any atom is 0.255 e. The van der Waals surface area contributed by atoms with E-state index in [1.807, 2.05) is 12.1 Å². The molecule has 4 atom stereocenters. The van der Waals surface area contributed by atoms with Crippen molar-refractivity contribution in [2.75, 3.05) is 19.6 Å². The minimum atomic E-state index is -0.551. The molecule has 5 rings (SSSR count). The van der Waals surface area contributed by atoms with Crippen LogP contribution in [0.2, 0.25) is 0 Å². The first kappa shape index (κ1) is 16.9. The van der Waals surface area contributed by atoms with Crippen LogP contribution in [0.5, 0.6) is 0 Å². The minimum absolute atomic E-state index is 0.103. The molecule has 1 saturated carbocycles. The Balaban J connectivity index is 1.27. The Hall–Kier alpha value is -2.25. The highest BCUT2D eigenvalue weighted by atomic mass is 16.2. The van der Waals surface area contributed by atoms with Crippen LogP contribution in [0.15, 0.2) is 18.2 Å². The molecule has 0 radical (unpaired) electrons. The molecule has 2 unspecified atom stereocenters. The first-order valence-electron chi connectivity index (χ1n) is 9.74. The highest BCUT2D eigenvalue weighted by Crippen LogP contribution is 2.51. The van der Waals surface area contributed by atoms with Gasteiger partial charge in [-0.15, -0.1) is 0 Å². The third-order valence-corrected chi connectivity index (χ3v) is 6.72. The van der Waals surface area contributed by atoms with Gasteiger partial charge in [-0.25, -0.2) is 0 Å². The highest BCUT2D eigenvalue weighted by Gasteiger charge is 2.54. The van der Waals surface area contributed by atoms with Crippen LogP contribution in [-0.4, -0.2) is 53.2 Å². The minimum Gasteiger partial charge on any atom is -0.330 e. The fourth-order valence-electron chi connectivity index (χ4n) is 5.17. The molecule has 3 amide bonds. The number of fused-ring (bicyclic) bond motifs is 2. The van der Waals surface area contributed by atoms with E-state index in [-0.39, 0.29) is 24.1 Å². The lowest BCUT2D eigenvalue weighted by Crippen LogP contribution is -2.52. The maximum absolute atomic E-state index is 12.9. The summed E-state index contributed by atoms with van der Waals surface area (Å²) in [6.45, 7) is 4.28. The number of carbonyl (C=O) groups is 3. The average molecular weight is 368 g/mol. The molecule has 7 nitrogen and oxygen atoms in total. The van der Waals surface area contributed by atoms with Crippen molar-refractivity contribution < 1.29 is 14.4 Å². The molecule has 142 valence electrons. The molecule has 4 aliphatic rings. The van der Waals surface area contributed by atoms with E-state index in [1.165, 1.54) is 0 Å². The normalized spacial score (nSPS) is 32.5. The fourth-order valence-corrected chi connectivity index (χ4v) is 5.17. The van der Waals surface area contributed by atoms with Crippen molar-refractivity contribution >= 4 is 17.7 Å². The lowest BCUT2D eigenvalue weighted by molar-refractivity contribution is -0.136. The van der Waals surface area contributed by atoms with Gasteiger partial charge in [-0.1, -0.05) is 12.1 Å². The molecule has 3 aliphatic heterocycles. The number of rotatable bonds is 4. The van der Waals surface area contributed by atoms with Gasteiger partial charge in [0, 0.05) is 38.2 Å². The Morgan fingerprint density at radius 3 is 2.63 bits per heavy atom. The summed E-state index contributed by atoms with van der Waals surface area (Å²) in [6.07, 6.45) is 0.680. The van der Waals surface area contributed by atoms with Crippen LogP contribution in [0.25, 0.3) is 0 Å². The largest absolute Gasteiger partial charge is 0.330 e. The van der Waals surface area contributed by atoms with Crippen molar-refractivity contribution in [3.8, 4) is 0 Å². The van der Waals surface area contributed by atoms with Crippen molar-refractivity contribution in [1.29, 1.82) is 0 Å². The third kappa shape index (κ3) is 2.76. The van der Waals surface area contributed by atoms with Crippen molar-refractivity contribution in [3.05, 3.63) is 34.9 Å². The summed E-state index contributed by atoms with van der Waals surface area (Å²) in [7, 11) is 0. The summed E-state index contributed by atoms with van der Waals surface area (Å²) < 4.78 is 0. The van der Waals surface area contributed by atoms with Crippen LogP contribution in [0.1, 0.15) is 34.3 Å². The van der Waals surface area contributed by atoms with E-state index in [0.717, 1.165) is 49.1 Å². The lowest BCUT2D eigenvalue weighted by Gasteiger charge is -2.29. The van der Waals surface area contributed by atoms with Gasteiger partial charge in [0.1, 0.15) is 6.04 Å². The van der Waals surface area contributed by atoms with Gasteiger partial charge < -0.3 is 10.6 Å². The molecule has 7 heteroatoms. The predicted molar refractivity (Wildman–Crippen MR) is 97.3 cm³/mol. The van der Waals surface area contributed by atoms with Crippen molar-refractivity contribution in [2.45, 2.75) is 32.0 Å². The summed E-state index contributed by atoms with van der Waals surface area (Å²) in [5.74, 6) is 1.50. The molecular weight excluding hydrogens is 344 g/mol. The van der Waals surface area contributed by atoms with Crippen LogP contribution in [0.3, 0.4) is 0 Å². The summed E-state index contributed by atoms with van der Waals surface area (Å²) in [5, 5.41) is 2.34. The molecule has 0 spiro atoms. The SMILES string of the molecule is NCC1[C@H]2CN(Cc3ccc4c(c3)C(=O)N(C3CCC(=O)NC3=O)C4)C[C@@H]12. The van der Waals surface area contributed by atoms with Gasteiger partial charge in [0.15, 0.2) is 0 Å². The first-order chi connectivity index (χ1) is 13.0. The Bertz CT molecular complexity index is 827. The Kier molecular flexibility index (Phi) is 3.84. The van der Waals surface area contributed by atoms with Gasteiger partial charge in [-0.2, -0.15) is 0 Å². The quantitative estimate of drug-likeness (QED) is 0.734. The third-order valence-electron chi connectivity index (χ3n) is 6.72. The molecule has 3 heterocycles. The number of piperidine rings is 2. The molecular formula is C20H24N4O3. The Morgan fingerprint density at radius 1 is 1.15 bits per heavy atom. The average Bonchev–Trinajstić information content (AvgIpc) is 2.95. The number of imide groups is 1. The standard InChI is InChI=1S/C20H24N4O3/c21-6-14-15-9-23(10-16(14)15)7-11-1-2-12-8-24(20(27)13(12)5-11)17-3-4-18(25)22-19(17)26/h1-2,5,14-17H,3-4,6-10,21H2,(H,22,25,26)/t14?,15-,16+,17?. The summed E-state index contributed by atoms with van der Waals surface area (Å²) in [5.41, 5.74) is 8.57. The number of nitrogens with two attached hydrogens (primary N) is 1.